The standard InChI is InChI=1S/C22H22N4O4S.C2H6/c1-12(27)14-5-6-16-15(9-14)24-21(26(16)11-22(3,4)29)25-20(28)19-8-7-18(31-19)17-10-23-13(2)30-17;1-2/h5-10,29H,11H2,1-4H3,(H,24,25,28);1-2H3. The smallest absolute Gasteiger partial charge is 0.268 e. The quantitative estimate of drug-likeness (QED) is 0.371. The van der Waals surface area contributed by atoms with Crippen molar-refractivity contribution in [2.75, 3.05) is 5.32 Å². The molecule has 0 radical (unpaired) electrons. The highest BCUT2D eigenvalue weighted by molar-refractivity contribution is 7.17. The molecule has 0 spiro atoms. The van der Waals surface area contributed by atoms with Crippen LogP contribution in [0.15, 0.2) is 40.9 Å². The fraction of sp³-hybridized carbons (Fsp3) is 0.333. The molecule has 0 aliphatic heterocycles. The van der Waals surface area contributed by atoms with Gasteiger partial charge in [-0.2, -0.15) is 0 Å². The molecule has 1 aromatic carbocycles. The summed E-state index contributed by atoms with van der Waals surface area (Å²) in [6.45, 7) is 10.8. The number of carbonyl (C=O) groups excluding carboxylic acids is 2. The largest absolute Gasteiger partial charge is 0.440 e. The van der Waals surface area contributed by atoms with Gasteiger partial charge in [-0.05, 0) is 51.1 Å². The number of imidazole rings is 1. The van der Waals surface area contributed by atoms with Crippen molar-refractivity contribution < 1.29 is 19.1 Å². The SMILES string of the molecule is CC.CC(=O)c1ccc2c(c1)nc(NC(=O)c1ccc(-c3cnc(C)o3)s1)n2CC(C)(C)O. The van der Waals surface area contributed by atoms with Gasteiger partial charge in [0.15, 0.2) is 17.4 Å². The van der Waals surface area contributed by atoms with Crippen LogP contribution in [0.1, 0.15) is 60.5 Å². The Morgan fingerprint density at radius 2 is 1.94 bits per heavy atom. The number of rotatable bonds is 6. The molecule has 4 rings (SSSR count). The van der Waals surface area contributed by atoms with E-state index in [9.17, 15) is 14.7 Å². The van der Waals surface area contributed by atoms with E-state index < -0.39 is 5.60 Å². The highest BCUT2D eigenvalue weighted by Crippen LogP contribution is 2.30. The third-order valence-corrected chi connectivity index (χ3v) is 5.72. The summed E-state index contributed by atoms with van der Waals surface area (Å²) in [4.78, 5) is 34.5. The highest BCUT2D eigenvalue weighted by Gasteiger charge is 2.22. The van der Waals surface area contributed by atoms with Crippen molar-refractivity contribution in [3.8, 4) is 10.6 Å². The lowest BCUT2D eigenvalue weighted by Gasteiger charge is -2.20. The Balaban J connectivity index is 0.00000149. The van der Waals surface area contributed by atoms with Crippen LogP contribution >= 0.6 is 11.3 Å². The molecule has 3 aromatic heterocycles. The number of amides is 1. The third kappa shape index (κ3) is 5.55. The number of benzene rings is 1. The van der Waals surface area contributed by atoms with E-state index >= 15 is 0 Å². The second-order valence-electron chi connectivity index (χ2n) is 7.96. The number of aliphatic hydroxyl groups is 1. The summed E-state index contributed by atoms with van der Waals surface area (Å²) in [5.74, 6) is 1.06. The van der Waals surface area contributed by atoms with Crippen LogP contribution in [0.5, 0.6) is 0 Å². The van der Waals surface area contributed by atoms with Crippen molar-refractivity contribution in [2.45, 2.75) is 53.7 Å². The first-order valence-electron chi connectivity index (χ1n) is 10.7. The van der Waals surface area contributed by atoms with Gasteiger partial charge in [0.2, 0.25) is 5.95 Å². The van der Waals surface area contributed by atoms with Crippen LogP contribution < -0.4 is 5.32 Å². The van der Waals surface area contributed by atoms with Crippen molar-refractivity contribution in [3.05, 3.63) is 52.9 Å². The second kappa shape index (κ2) is 9.68. The summed E-state index contributed by atoms with van der Waals surface area (Å²) < 4.78 is 7.26. The molecule has 0 fully saturated rings. The molecule has 2 N–H and O–H groups in total. The van der Waals surface area contributed by atoms with E-state index in [4.69, 9.17) is 4.42 Å². The maximum Gasteiger partial charge on any atom is 0.268 e. The van der Waals surface area contributed by atoms with Gasteiger partial charge in [-0.25, -0.2) is 9.97 Å². The van der Waals surface area contributed by atoms with Gasteiger partial charge in [0.05, 0.1) is 39.1 Å². The number of thiophene rings is 1. The number of aryl methyl sites for hydroxylation is 1. The number of nitrogens with zero attached hydrogens (tertiary/aromatic N) is 3. The number of fused-ring (bicyclic) bond motifs is 1. The Morgan fingerprint density at radius 1 is 1.21 bits per heavy atom. The normalized spacial score (nSPS) is 11.2. The zero-order chi connectivity index (χ0) is 24.3. The number of nitrogens with one attached hydrogen (secondary N) is 1. The van der Waals surface area contributed by atoms with Crippen molar-refractivity contribution in [2.24, 2.45) is 0 Å². The van der Waals surface area contributed by atoms with E-state index in [1.165, 1.54) is 18.3 Å². The molecule has 0 unspecified atom stereocenters. The van der Waals surface area contributed by atoms with E-state index in [2.05, 4.69) is 15.3 Å². The lowest BCUT2D eigenvalue weighted by Crippen LogP contribution is -2.27. The minimum atomic E-state index is -1.04. The van der Waals surface area contributed by atoms with Crippen molar-refractivity contribution in [1.29, 1.82) is 0 Å². The van der Waals surface area contributed by atoms with Crippen LogP contribution in [0.4, 0.5) is 5.95 Å². The molecule has 3 heterocycles. The first-order valence-corrected chi connectivity index (χ1v) is 11.5. The molecule has 0 atom stereocenters. The molecule has 0 aliphatic carbocycles. The lowest BCUT2D eigenvalue weighted by atomic mass is 10.1. The molecule has 0 aliphatic rings. The molecular formula is C24H28N4O4S. The van der Waals surface area contributed by atoms with Gasteiger partial charge in [0.25, 0.3) is 5.91 Å². The van der Waals surface area contributed by atoms with E-state index in [1.54, 1.807) is 61.9 Å². The van der Waals surface area contributed by atoms with Gasteiger partial charge in [0.1, 0.15) is 0 Å². The average Bonchev–Trinajstić information content (AvgIpc) is 3.47. The van der Waals surface area contributed by atoms with Crippen LogP contribution in [-0.4, -0.2) is 36.9 Å². The molecule has 174 valence electrons. The fourth-order valence-corrected chi connectivity index (χ4v) is 4.07. The maximum absolute atomic E-state index is 12.9. The van der Waals surface area contributed by atoms with E-state index in [0.29, 0.717) is 39.1 Å². The molecule has 0 saturated heterocycles. The number of anilines is 1. The van der Waals surface area contributed by atoms with Gasteiger partial charge in [-0.15, -0.1) is 11.3 Å². The zero-order valence-corrected chi connectivity index (χ0v) is 20.4. The lowest BCUT2D eigenvalue weighted by molar-refractivity contribution is 0.0630. The predicted octanol–water partition coefficient (Wildman–Crippen LogP) is 5.31. The Morgan fingerprint density at radius 3 is 2.55 bits per heavy atom. The van der Waals surface area contributed by atoms with Crippen molar-refractivity contribution >= 4 is 40.0 Å². The molecular weight excluding hydrogens is 440 g/mol. The number of hydrogen-bond acceptors (Lipinski definition) is 7. The average molecular weight is 469 g/mol. The molecule has 0 bridgehead atoms. The number of ketones is 1. The minimum absolute atomic E-state index is 0.0710. The number of oxazole rings is 1. The molecule has 9 heteroatoms. The summed E-state index contributed by atoms with van der Waals surface area (Å²) in [5.41, 5.74) is 0.776. The van der Waals surface area contributed by atoms with Gasteiger partial charge < -0.3 is 14.1 Å². The van der Waals surface area contributed by atoms with E-state index in [0.717, 1.165) is 4.88 Å². The monoisotopic (exact) mass is 468 g/mol. The van der Waals surface area contributed by atoms with Gasteiger partial charge in [0, 0.05) is 12.5 Å². The van der Waals surface area contributed by atoms with Crippen LogP contribution in [0.25, 0.3) is 21.7 Å². The Hall–Kier alpha value is -3.30. The predicted molar refractivity (Wildman–Crippen MR) is 130 cm³/mol. The number of hydrogen-bond donors (Lipinski definition) is 2. The van der Waals surface area contributed by atoms with Gasteiger partial charge >= 0.3 is 0 Å². The van der Waals surface area contributed by atoms with Crippen molar-refractivity contribution in [1.82, 2.24) is 14.5 Å². The summed E-state index contributed by atoms with van der Waals surface area (Å²) in [6, 6.07) is 8.69. The summed E-state index contributed by atoms with van der Waals surface area (Å²) in [7, 11) is 0. The molecule has 4 aromatic rings. The molecule has 33 heavy (non-hydrogen) atoms. The summed E-state index contributed by atoms with van der Waals surface area (Å²) >= 11 is 1.28. The van der Waals surface area contributed by atoms with Gasteiger partial charge in [-0.1, -0.05) is 13.8 Å². The molecule has 1 amide bonds. The Labute approximate surface area is 196 Å². The van der Waals surface area contributed by atoms with Crippen molar-refractivity contribution in [3.63, 3.8) is 0 Å². The molecule has 8 nitrogen and oxygen atoms in total. The first kappa shape index (κ1) is 24.3. The van der Waals surface area contributed by atoms with Crippen LogP contribution in [0.2, 0.25) is 0 Å². The van der Waals surface area contributed by atoms with Crippen LogP contribution in [0.3, 0.4) is 0 Å². The third-order valence-electron chi connectivity index (χ3n) is 4.62. The molecule has 0 saturated carbocycles. The Bertz CT molecular complexity index is 1290. The summed E-state index contributed by atoms with van der Waals surface area (Å²) in [5, 5.41) is 13.2. The van der Waals surface area contributed by atoms with E-state index in [1.807, 2.05) is 13.8 Å². The number of carbonyl (C=O) groups is 2. The second-order valence-corrected chi connectivity index (χ2v) is 9.04. The number of aromatic nitrogens is 3. The minimum Gasteiger partial charge on any atom is -0.440 e. The fourth-order valence-electron chi connectivity index (χ4n) is 3.22. The first-order chi connectivity index (χ1) is 15.6. The number of Topliss-reactive ketones (excluding diaryl/α,β-unsaturated/α-hetero) is 1. The highest BCUT2D eigenvalue weighted by atomic mass is 32.1. The Kier molecular flexibility index (Phi) is 7.14. The van der Waals surface area contributed by atoms with Crippen LogP contribution in [-0.2, 0) is 6.54 Å². The van der Waals surface area contributed by atoms with Crippen LogP contribution in [0, 0.1) is 6.92 Å². The van der Waals surface area contributed by atoms with E-state index in [-0.39, 0.29) is 18.2 Å². The topological polar surface area (TPSA) is 110 Å². The summed E-state index contributed by atoms with van der Waals surface area (Å²) in [6.07, 6.45) is 1.62. The van der Waals surface area contributed by atoms with Gasteiger partial charge in [-0.3, -0.25) is 14.9 Å². The maximum atomic E-state index is 12.9. The zero-order valence-electron chi connectivity index (χ0n) is 19.6.